The summed E-state index contributed by atoms with van der Waals surface area (Å²) in [6.07, 6.45) is -0.720. The number of rotatable bonds is 4. The van der Waals surface area contributed by atoms with Crippen molar-refractivity contribution in [3.05, 3.63) is 87.8 Å². The van der Waals surface area contributed by atoms with Gasteiger partial charge in [-0.3, -0.25) is 4.79 Å². The normalized spacial score (nSPS) is 11.7. The largest absolute Gasteiger partial charge is 0.418 e. The van der Waals surface area contributed by atoms with E-state index in [1.54, 1.807) is 24.3 Å². The van der Waals surface area contributed by atoms with Crippen LogP contribution >= 0.6 is 11.6 Å². The molecule has 0 bridgehead atoms. The molecule has 0 spiro atoms. The number of nitrogens with zero attached hydrogens (tertiary/aromatic N) is 4. The zero-order chi connectivity index (χ0) is 20.6. The molecule has 10 heteroatoms. The van der Waals surface area contributed by atoms with Crippen molar-refractivity contribution in [2.45, 2.75) is 12.8 Å². The average Bonchev–Trinajstić information content (AvgIpc) is 3.22. The summed E-state index contributed by atoms with van der Waals surface area (Å²) >= 11 is 5.92. The minimum absolute atomic E-state index is 0.0409. The number of alkyl halides is 3. The Bertz CT molecular complexity index is 1220. The van der Waals surface area contributed by atoms with Crippen molar-refractivity contribution in [3.63, 3.8) is 0 Å². The van der Waals surface area contributed by atoms with Gasteiger partial charge in [-0.25, -0.2) is 9.97 Å². The summed E-state index contributed by atoms with van der Waals surface area (Å²) < 4.78 is 43.1. The second kappa shape index (κ2) is 7.25. The van der Waals surface area contributed by atoms with E-state index in [2.05, 4.69) is 9.97 Å². The van der Waals surface area contributed by atoms with E-state index in [4.69, 9.17) is 16.4 Å². The highest BCUT2D eigenvalue weighted by molar-refractivity contribution is 6.29. The molecular weight excluding hydrogens is 409 g/mol. The first-order valence-corrected chi connectivity index (χ1v) is 8.71. The zero-order valence-electron chi connectivity index (χ0n) is 14.6. The van der Waals surface area contributed by atoms with Gasteiger partial charge >= 0.3 is 11.7 Å². The smallest absolute Gasteiger partial charge is 0.405 e. The monoisotopic (exact) mass is 420 g/mol. The molecule has 2 heterocycles. The highest BCUT2D eigenvalue weighted by atomic mass is 35.5. The molecule has 0 aliphatic heterocycles. The molecule has 2 aromatic heterocycles. The van der Waals surface area contributed by atoms with Crippen LogP contribution in [0.1, 0.15) is 11.1 Å². The minimum Gasteiger partial charge on any atom is -0.405 e. The number of hydrogen-bond donors (Lipinski definition) is 0. The van der Waals surface area contributed by atoms with Crippen molar-refractivity contribution in [1.29, 1.82) is 0 Å². The van der Waals surface area contributed by atoms with Gasteiger partial charge in [0, 0.05) is 12.4 Å². The Balaban J connectivity index is 1.91. The van der Waals surface area contributed by atoms with E-state index >= 15 is 0 Å². The minimum atomic E-state index is -4.69. The molecule has 0 aliphatic carbocycles. The third-order valence-corrected chi connectivity index (χ3v) is 4.43. The lowest BCUT2D eigenvalue weighted by Gasteiger charge is -2.17. The maximum atomic E-state index is 13.7. The topological polar surface area (TPSA) is 61.9 Å². The van der Waals surface area contributed by atoms with Crippen LogP contribution in [0.5, 0.6) is 0 Å². The summed E-state index contributed by atoms with van der Waals surface area (Å²) in [5, 5.41) is -0.415. The summed E-state index contributed by atoms with van der Waals surface area (Å²) in [5.41, 5.74) is -1.36. The SMILES string of the molecule is O=c1c(Cl)nc2cc(-n3ccnc3)c(C(F)(F)F)cc2n1OCc1ccccc1. The molecule has 4 rings (SSSR count). The summed E-state index contributed by atoms with van der Waals surface area (Å²) in [5.74, 6) is 0. The number of aromatic nitrogens is 4. The molecule has 6 nitrogen and oxygen atoms in total. The van der Waals surface area contributed by atoms with Crippen LogP contribution in [0.25, 0.3) is 16.7 Å². The molecule has 0 N–H and O–H groups in total. The highest BCUT2D eigenvalue weighted by Crippen LogP contribution is 2.36. The molecule has 0 unspecified atom stereocenters. The first-order valence-electron chi connectivity index (χ1n) is 8.33. The summed E-state index contributed by atoms with van der Waals surface area (Å²) in [6, 6.07) is 10.9. The van der Waals surface area contributed by atoms with E-state index in [0.717, 1.165) is 16.4 Å². The van der Waals surface area contributed by atoms with Crippen LogP contribution < -0.4 is 10.4 Å². The van der Waals surface area contributed by atoms with Crippen molar-refractivity contribution >= 4 is 22.6 Å². The van der Waals surface area contributed by atoms with Gasteiger partial charge in [-0.1, -0.05) is 41.9 Å². The van der Waals surface area contributed by atoms with Gasteiger partial charge in [-0.05, 0) is 17.7 Å². The molecule has 0 atom stereocenters. The van der Waals surface area contributed by atoms with Crippen LogP contribution in [-0.2, 0) is 12.8 Å². The van der Waals surface area contributed by atoms with E-state index in [1.807, 2.05) is 6.07 Å². The number of imidazole rings is 1. The number of fused-ring (bicyclic) bond motifs is 1. The summed E-state index contributed by atoms with van der Waals surface area (Å²) in [7, 11) is 0. The molecule has 29 heavy (non-hydrogen) atoms. The van der Waals surface area contributed by atoms with Gasteiger partial charge in [0.2, 0.25) is 0 Å². The highest BCUT2D eigenvalue weighted by Gasteiger charge is 2.35. The summed E-state index contributed by atoms with van der Waals surface area (Å²) in [6.45, 7) is -0.0409. The molecule has 2 aromatic carbocycles. The molecule has 0 saturated heterocycles. The molecule has 0 amide bonds. The second-order valence-electron chi connectivity index (χ2n) is 6.09. The van der Waals surface area contributed by atoms with Gasteiger partial charge in [0.25, 0.3) is 0 Å². The van der Waals surface area contributed by atoms with Gasteiger partial charge in [0.15, 0.2) is 5.15 Å². The van der Waals surface area contributed by atoms with Gasteiger partial charge in [0.05, 0.1) is 23.1 Å². The van der Waals surface area contributed by atoms with Gasteiger partial charge < -0.3 is 9.40 Å². The van der Waals surface area contributed by atoms with E-state index < -0.39 is 22.5 Å². The molecular formula is C19H12ClF3N4O2. The lowest BCUT2D eigenvalue weighted by Crippen LogP contribution is -2.29. The maximum absolute atomic E-state index is 13.7. The van der Waals surface area contributed by atoms with E-state index in [9.17, 15) is 18.0 Å². The lowest BCUT2D eigenvalue weighted by molar-refractivity contribution is -0.137. The molecule has 0 saturated carbocycles. The second-order valence-corrected chi connectivity index (χ2v) is 6.44. The van der Waals surface area contributed by atoms with Crippen molar-refractivity contribution in [2.75, 3.05) is 0 Å². The van der Waals surface area contributed by atoms with Crippen LogP contribution in [0.3, 0.4) is 0 Å². The molecule has 0 fully saturated rings. The Morgan fingerprint density at radius 1 is 1.14 bits per heavy atom. The molecule has 4 aromatic rings. The Labute approximate surface area is 166 Å². The number of halogens is 4. The lowest BCUT2D eigenvalue weighted by atomic mass is 10.1. The standard InChI is InChI=1S/C19H12ClF3N4O2/c20-17-18(28)27(29-10-12-4-2-1-3-5-12)16-8-13(19(21,22)23)15(9-14(16)25-17)26-7-6-24-11-26/h1-9,11H,10H2. The Morgan fingerprint density at radius 3 is 2.55 bits per heavy atom. The van der Waals surface area contributed by atoms with Gasteiger partial charge in [-0.2, -0.15) is 13.2 Å². The predicted molar refractivity (Wildman–Crippen MR) is 99.9 cm³/mol. The van der Waals surface area contributed by atoms with E-state index in [1.165, 1.54) is 29.4 Å². The van der Waals surface area contributed by atoms with Crippen LogP contribution in [0.2, 0.25) is 5.15 Å². The molecule has 0 aliphatic rings. The van der Waals surface area contributed by atoms with Crippen molar-refractivity contribution < 1.29 is 18.0 Å². The molecule has 0 radical (unpaired) electrons. The fraction of sp³-hybridized carbons (Fsp3) is 0.105. The zero-order valence-corrected chi connectivity index (χ0v) is 15.4. The first-order chi connectivity index (χ1) is 13.8. The number of hydrogen-bond acceptors (Lipinski definition) is 4. The Hall–Kier alpha value is -3.33. The average molecular weight is 421 g/mol. The third-order valence-electron chi connectivity index (χ3n) is 4.18. The first kappa shape index (κ1) is 19.0. The van der Waals surface area contributed by atoms with Crippen molar-refractivity contribution in [1.82, 2.24) is 19.3 Å². The van der Waals surface area contributed by atoms with Crippen LogP contribution in [0, 0.1) is 0 Å². The third kappa shape index (κ3) is 3.68. The predicted octanol–water partition coefficient (Wildman–Crippen LogP) is 3.88. The van der Waals surface area contributed by atoms with Crippen molar-refractivity contribution in [2.24, 2.45) is 0 Å². The van der Waals surface area contributed by atoms with Gasteiger partial charge in [0.1, 0.15) is 12.1 Å². The van der Waals surface area contributed by atoms with E-state index in [-0.39, 0.29) is 23.3 Å². The Kier molecular flexibility index (Phi) is 4.75. The summed E-state index contributed by atoms with van der Waals surface area (Å²) in [4.78, 5) is 25.7. The van der Waals surface area contributed by atoms with Crippen LogP contribution in [0.15, 0.2) is 66.0 Å². The quantitative estimate of drug-likeness (QED) is 0.502. The van der Waals surface area contributed by atoms with Crippen LogP contribution in [0.4, 0.5) is 13.2 Å². The fourth-order valence-electron chi connectivity index (χ4n) is 2.85. The fourth-order valence-corrected chi connectivity index (χ4v) is 3.02. The van der Waals surface area contributed by atoms with Gasteiger partial charge in [-0.15, -0.1) is 4.73 Å². The molecule has 148 valence electrons. The number of benzene rings is 2. The maximum Gasteiger partial charge on any atom is 0.418 e. The van der Waals surface area contributed by atoms with Crippen molar-refractivity contribution in [3.8, 4) is 5.69 Å². The van der Waals surface area contributed by atoms with E-state index in [0.29, 0.717) is 0 Å². The Morgan fingerprint density at radius 2 is 1.90 bits per heavy atom. The van der Waals surface area contributed by atoms with Crippen LogP contribution in [-0.4, -0.2) is 19.3 Å².